The Morgan fingerprint density at radius 1 is 1.23 bits per heavy atom. The molecular weight excluding hydrogens is 537 g/mol. The lowest BCUT2D eigenvalue weighted by atomic mass is 9.81. The summed E-state index contributed by atoms with van der Waals surface area (Å²) in [4.78, 5) is 16.5. The van der Waals surface area contributed by atoms with Crippen molar-refractivity contribution in [3.8, 4) is 0 Å². The van der Waals surface area contributed by atoms with Crippen LogP contribution < -0.4 is 10.6 Å². The number of epoxide rings is 1. The number of halogens is 5. The largest absolute Gasteiger partial charge is 0.389 e. The average Bonchev–Trinajstić information content (AvgIpc) is 3.27. The van der Waals surface area contributed by atoms with Crippen LogP contribution in [0.15, 0.2) is 30.7 Å². The van der Waals surface area contributed by atoms with Gasteiger partial charge < -0.3 is 10.1 Å². The summed E-state index contributed by atoms with van der Waals surface area (Å²) in [5, 5.41) is 14.7. The molecule has 0 radical (unpaired) electrons. The molecule has 2 unspecified atom stereocenters. The van der Waals surface area contributed by atoms with E-state index in [-0.39, 0.29) is 49.7 Å². The summed E-state index contributed by atoms with van der Waals surface area (Å²) in [5.41, 5.74) is 2.59. The second-order valence-corrected chi connectivity index (χ2v) is 10.8. The Balaban J connectivity index is 1.31. The molecule has 2 N–H and O–H groups in total. The van der Waals surface area contributed by atoms with Crippen molar-refractivity contribution in [2.75, 3.05) is 0 Å². The third-order valence-electron chi connectivity index (χ3n) is 7.39. The van der Waals surface area contributed by atoms with Crippen LogP contribution in [-0.4, -0.2) is 48.6 Å². The summed E-state index contributed by atoms with van der Waals surface area (Å²) in [6.07, 6.45) is -1.59. The standard InChI is InChI=1S/C26H32F5N7O2/c1-15(2)38-19(6-10-33-38)23-24(40-23)36-22(17-3-7-25(27,28)8-4-17)18-14-37-20(35-18)11-16(13-34-37)12-32-21(39)5-9-26(29,30)31/h6,10-11,13-15,17,22-24,36H,3-5,7-9,12H2,1-2H3,(H,32,39)/t22-,23?,24?/m0/s1. The molecule has 3 atom stereocenters. The molecule has 3 aromatic heterocycles. The van der Waals surface area contributed by atoms with Crippen molar-refractivity contribution in [3.05, 3.63) is 47.7 Å². The van der Waals surface area contributed by atoms with Crippen LogP contribution in [0.2, 0.25) is 0 Å². The summed E-state index contributed by atoms with van der Waals surface area (Å²) in [5.74, 6) is -3.49. The third-order valence-corrected chi connectivity index (χ3v) is 7.39. The van der Waals surface area contributed by atoms with Gasteiger partial charge in [-0.1, -0.05) is 0 Å². The van der Waals surface area contributed by atoms with Crippen LogP contribution in [0.25, 0.3) is 5.65 Å². The van der Waals surface area contributed by atoms with E-state index in [2.05, 4.69) is 20.8 Å². The second kappa shape index (κ2) is 11.0. The Morgan fingerprint density at radius 2 is 1.98 bits per heavy atom. The highest BCUT2D eigenvalue weighted by molar-refractivity contribution is 5.75. The van der Waals surface area contributed by atoms with E-state index in [0.717, 1.165) is 5.69 Å². The number of alkyl halides is 5. The van der Waals surface area contributed by atoms with Crippen molar-refractivity contribution in [3.63, 3.8) is 0 Å². The maximum Gasteiger partial charge on any atom is 0.389 e. The number of nitrogens with zero attached hydrogens (tertiary/aromatic N) is 5. The fourth-order valence-electron chi connectivity index (χ4n) is 5.21. The molecule has 0 aromatic carbocycles. The topological polar surface area (TPSA) is 102 Å². The van der Waals surface area contributed by atoms with E-state index in [1.165, 1.54) is 6.20 Å². The predicted molar refractivity (Wildman–Crippen MR) is 133 cm³/mol. The van der Waals surface area contributed by atoms with E-state index in [1.807, 2.05) is 24.6 Å². The minimum absolute atomic E-state index is 0.00287. The Morgan fingerprint density at radius 3 is 2.67 bits per heavy atom. The lowest BCUT2D eigenvalue weighted by Crippen LogP contribution is -2.36. The zero-order chi connectivity index (χ0) is 28.7. The monoisotopic (exact) mass is 569 g/mol. The molecular formula is C26H32F5N7O2. The Labute approximate surface area is 227 Å². The third kappa shape index (κ3) is 6.77. The molecule has 1 saturated heterocycles. The van der Waals surface area contributed by atoms with Crippen molar-refractivity contribution >= 4 is 11.6 Å². The molecule has 218 valence electrons. The highest BCUT2D eigenvalue weighted by Gasteiger charge is 2.47. The van der Waals surface area contributed by atoms with Crippen molar-refractivity contribution in [1.82, 2.24) is 35.0 Å². The number of hydrogen-bond donors (Lipinski definition) is 2. The van der Waals surface area contributed by atoms with Crippen molar-refractivity contribution in [2.45, 2.75) is 95.4 Å². The number of amides is 1. The maximum absolute atomic E-state index is 14.0. The Bertz CT molecular complexity index is 1330. The molecule has 5 rings (SSSR count). The first-order valence-electron chi connectivity index (χ1n) is 13.4. The normalized spacial score (nSPS) is 22.1. The van der Waals surface area contributed by atoms with E-state index in [0.29, 0.717) is 29.7 Å². The van der Waals surface area contributed by atoms with Crippen LogP contribution in [0.4, 0.5) is 22.0 Å². The average molecular weight is 570 g/mol. The second-order valence-electron chi connectivity index (χ2n) is 10.8. The van der Waals surface area contributed by atoms with Crippen LogP contribution in [0, 0.1) is 5.92 Å². The van der Waals surface area contributed by atoms with Gasteiger partial charge in [-0.05, 0) is 50.3 Å². The zero-order valence-electron chi connectivity index (χ0n) is 22.2. The van der Waals surface area contributed by atoms with Crippen LogP contribution in [0.5, 0.6) is 0 Å². The summed E-state index contributed by atoms with van der Waals surface area (Å²) in [7, 11) is 0. The molecule has 2 fully saturated rings. The van der Waals surface area contributed by atoms with Gasteiger partial charge in [-0.25, -0.2) is 18.3 Å². The first-order chi connectivity index (χ1) is 18.9. The number of rotatable bonds is 10. The van der Waals surface area contributed by atoms with E-state index < -0.39 is 30.8 Å². The molecule has 1 aliphatic heterocycles. The smallest absolute Gasteiger partial charge is 0.352 e. The Hall–Kier alpha value is -3.13. The SMILES string of the molecule is CC(C)n1nccc1C1OC1N[C@H](c1cn2ncc(CNC(=O)CCC(F)(F)F)cc2n1)C1CCC(F)(F)CC1. The van der Waals surface area contributed by atoms with Gasteiger partial charge in [-0.2, -0.15) is 23.4 Å². The van der Waals surface area contributed by atoms with Gasteiger partial charge in [0.2, 0.25) is 11.8 Å². The fourth-order valence-corrected chi connectivity index (χ4v) is 5.21. The minimum atomic E-state index is -4.40. The molecule has 0 spiro atoms. The summed E-state index contributed by atoms with van der Waals surface area (Å²) >= 11 is 0. The van der Waals surface area contributed by atoms with Crippen LogP contribution in [-0.2, 0) is 16.1 Å². The molecule has 3 aromatic rings. The number of carbonyl (C=O) groups is 1. The summed E-state index contributed by atoms with van der Waals surface area (Å²) in [6.45, 7) is 4.05. The first kappa shape index (κ1) is 28.4. The number of imidazole rings is 1. The quantitative estimate of drug-likeness (QED) is 0.263. The lowest BCUT2D eigenvalue weighted by Gasteiger charge is -2.33. The molecule has 14 heteroatoms. The van der Waals surface area contributed by atoms with Gasteiger partial charge >= 0.3 is 6.18 Å². The molecule has 1 aliphatic carbocycles. The van der Waals surface area contributed by atoms with Crippen LogP contribution in [0.1, 0.15) is 87.5 Å². The lowest BCUT2D eigenvalue weighted by molar-refractivity contribution is -0.144. The number of carbonyl (C=O) groups excluding carboxylic acids is 1. The molecule has 9 nitrogen and oxygen atoms in total. The van der Waals surface area contributed by atoms with Crippen molar-refractivity contribution in [1.29, 1.82) is 0 Å². The summed E-state index contributed by atoms with van der Waals surface area (Å²) in [6, 6.07) is 3.37. The van der Waals surface area contributed by atoms with Gasteiger partial charge in [0.15, 0.2) is 5.65 Å². The van der Waals surface area contributed by atoms with Crippen molar-refractivity contribution in [2.24, 2.45) is 5.92 Å². The minimum Gasteiger partial charge on any atom is -0.352 e. The van der Waals surface area contributed by atoms with Gasteiger partial charge in [0.05, 0.1) is 36.2 Å². The molecule has 4 heterocycles. The van der Waals surface area contributed by atoms with Gasteiger partial charge in [0, 0.05) is 38.0 Å². The van der Waals surface area contributed by atoms with E-state index >= 15 is 0 Å². The van der Waals surface area contributed by atoms with Gasteiger partial charge in [-0.3, -0.25) is 14.8 Å². The van der Waals surface area contributed by atoms with Crippen molar-refractivity contribution < 1.29 is 31.5 Å². The zero-order valence-corrected chi connectivity index (χ0v) is 22.2. The number of ether oxygens (including phenoxy) is 1. The number of hydrogen-bond acceptors (Lipinski definition) is 6. The molecule has 2 aliphatic rings. The first-order valence-corrected chi connectivity index (χ1v) is 13.4. The van der Waals surface area contributed by atoms with Gasteiger partial charge in [0.1, 0.15) is 12.3 Å². The highest BCUT2D eigenvalue weighted by Crippen LogP contribution is 2.44. The Kier molecular flexibility index (Phi) is 7.83. The van der Waals surface area contributed by atoms with E-state index in [1.54, 1.807) is 23.0 Å². The fraction of sp³-hybridized carbons (Fsp3) is 0.615. The van der Waals surface area contributed by atoms with E-state index in [4.69, 9.17) is 9.72 Å². The van der Waals surface area contributed by atoms with Gasteiger partial charge in [0.25, 0.3) is 0 Å². The van der Waals surface area contributed by atoms with Crippen LogP contribution in [0.3, 0.4) is 0 Å². The molecule has 0 bridgehead atoms. The molecule has 40 heavy (non-hydrogen) atoms. The van der Waals surface area contributed by atoms with Crippen LogP contribution >= 0.6 is 0 Å². The number of nitrogens with one attached hydrogen (secondary N) is 2. The van der Waals surface area contributed by atoms with Gasteiger partial charge in [-0.15, -0.1) is 0 Å². The predicted octanol–water partition coefficient (Wildman–Crippen LogP) is 5.02. The summed E-state index contributed by atoms with van der Waals surface area (Å²) < 4.78 is 74.4. The van der Waals surface area contributed by atoms with E-state index in [9.17, 15) is 26.7 Å². The number of aromatic nitrogens is 5. The molecule has 1 amide bonds. The molecule has 1 saturated carbocycles. The number of fused-ring (bicyclic) bond motifs is 1. The highest BCUT2D eigenvalue weighted by atomic mass is 19.4. The maximum atomic E-state index is 14.0.